The highest BCUT2D eigenvalue weighted by atomic mass is 32.2. The monoisotopic (exact) mass is 1120 g/mol. The molecule has 8 rings (SSSR count). The van der Waals surface area contributed by atoms with Crippen molar-refractivity contribution in [1.82, 2.24) is 49.5 Å². The lowest BCUT2D eigenvalue weighted by Gasteiger charge is -2.26. The van der Waals surface area contributed by atoms with Crippen molar-refractivity contribution >= 4 is 19.7 Å². The predicted molar refractivity (Wildman–Crippen MR) is 284 cm³/mol. The van der Waals surface area contributed by atoms with Gasteiger partial charge in [0.2, 0.25) is 0 Å². The molecule has 2 fully saturated rings. The summed E-state index contributed by atoms with van der Waals surface area (Å²) in [5.74, 6) is 2.05. The molecule has 2 saturated heterocycles. The zero-order chi connectivity index (χ0) is 56.3. The molecule has 26 heteroatoms. The number of benzene rings is 2. The van der Waals surface area contributed by atoms with Gasteiger partial charge in [0.1, 0.15) is 70.3 Å². The second kappa shape index (κ2) is 26.6. The maximum atomic E-state index is 13.9. The van der Waals surface area contributed by atoms with E-state index in [1.54, 1.807) is 84.2 Å². The van der Waals surface area contributed by atoms with Crippen molar-refractivity contribution in [2.75, 3.05) is 68.1 Å². The number of aryl methyl sites for hydroxylation is 2. The van der Waals surface area contributed by atoms with E-state index in [4.69, 9.17) is 47.4 Å². The van der Waals surface area contributed by atoms with Crippen LogP contribution in [0.15, 0.2) is 61.2 Å². The van der Waals surface area contributed by atoms with Crippen LogP contribution in [0.5, 0.6) is 23.0 Å². The summed E-state index contributed by atoms with van der Waals surface area (Å²) in [6.45, 7) is 16.4. The highest BCUT2D eigenvalue weighted by Gasteiger charge is 2.39. The molecular weight excluding hydrogens is 1050 g/mol. The summed E-state index contributed by atoms with van der Waals surface area (Å²) in [5, 5.41) is 15.4. The van der Waals surface area contributed by atoms with Crippen molar-refractivity contribution in [1.29, 1.82) is 0 Å². The molecule has 6 heterocycles. The van der Waals surface area contributed by atoms with Crippen LogP contribution in [0.3, 0.4) is 0 Å². The van der Waals surface area contributed by atoms with Gasteiger partial charge in [-0.15, -0.1) is 20.4 Å². The Kier molecular flexibility index (Phi) is 20.3. The molecule has 0 amide bonds. The second-order valence-corrected chi connectivity index (χ2v) is 23.6. The van der Waals surface area contributed by atoms with E-state index in [1.165, 1.54) is 28.4 Å². The van der Waals surface area contributed by atoms with Gasteiger partial charge < -0.3 is 47.4 Å². The van der Waals surface area contributed by atoms with Gasteiger partial charge in [0.15, 0.2) is 43.0 Å². The number of rotatable bonds is 22. The SMILES string of the molecule is COc1cccc(OC)c1-n1c(CS(=O)(=O)[C@@H](C)[C@@H](OC(C)C)c2cnc(C)cn2)nnc1[C@@H]1COCCO1.COc1cccc(OC)c1-n1c(CS(=O)(=O)[C@@H](C)[C@@H](OC(C)C)c2cnc(C)cn2)nnc1[C@@H]1COCCO1. The van der Waals surface area contributed by atoms with Crippen molar-refractivity contribution in [2.45, 2.75) is 114 Å². The van der Waals surface area contributed by atoms with Crippen LogP contribution in [0.2, 0.25) is 0 Å². The van der Waals surface area contributed by atoms with Crippen LogP contribution < -0.4 is 18.9 Å². The molecule has 0 bridgehead atoms. The summed E-state index contributed by atoms with van der Waals surface area (Å²) < 4.78 is 116. The highest BCUT2D eigenvalue weighted by Crippen LogP contribution is 2.39. The Hall–Kier alpha value is -6.26. The fraction of sp³-hybridized carbons (Fsp3) is 0.538. The maximum Gasteiger partial charge on any atom is 0.169 e. The van der Waals surface area contributed by atoms with E-state index < -0.39 is 66.1 Å². The van der Waals surface area contributed by atoms with Crippen molar-refractivity contribution in [2.24, 2.45) is 0 Å². The van der Waals surface area contributed by atoms with Gasteiger partial charge in [-0.25, -0.2) is 16.8 Å². The topological polar surface area (TPSA) is 274 Å². The normalized spacial score (nSPS) is 17.7. The quantitative estimate of drug-likeness (QED) is 0.0767. The third-order valence-corrected chi connectivity index (χ3v) is 16.7. The minimum absolute atomic E-state index is 0.173. The number of ether oxygens (including phenoxy) is 10. The first-order valence-corrected chi connectivity index (χ1v) is 28.8. The van der Waals surface area contributed by atoms with Gasteiger partial charge in [-0.1, -0.05) is 12.1 Å². The standard InChI is InChI=1S/2C26H35N5O7S/c2*1-16(2)38-25(19-13-27-17(3)12-28-19)18(4)39(32,33)15-23-29-30-26(22-14-36-10-11-37-22)31(23)24-20(34-5)8-7-9-21(24)35-6/h2*7-9,12-13,16,18,22,25H,10-11,14-15H2,1-6H3/t2*18-,22-,25+/m00/s1. The number of para-hydroxylation sites is 2. The summed E-state index contributed by atoms with van der Waals surface area (Å²) in [6.07, 6.45) is 3.00. The van der Waals surface area contributed by atoms with Crippen molar-refractivity contribution in [3.8, 4) is 34.4 Å². The number of methoxy groups -OCH3 is 4. The van der Waals surface area contributed by atoms with Gasteiger partial charge >= 0.3 is 0 Å². The van der Waals surface area contributed by atoms with Crippen LogP contribution in [0.4, 0.5) is 0 Å². The number of hydrogen-bond donors (Lipinski definition) is 0. The Balaban J connectivity index is 0.000000226. The molecule has 424 valence electrons. The molecule has 2 aliphatic rings. The molecule has 24 nitrogen and oxygen atoms in total. The van der Waals surface area contributed by atoms with Crippen LogP contribution in [0.25, 0.3) is 11.4 Å². The number of aromatic nitrogens is 10. The molecule has 0 radical (unpaired) electrons. The minimum atomic E-state index is -3.87. The second-order valence-electron chi connectivity index (χ2n) is 18.9. The van der Waals surface area contributed by atoms with E-state index in [1.807, 2.05) is 41.5 Å². The Labute approximate surface area is 455 Å². The maximum absolute atomic E-state index is 13.9. The lowest BCUT2D eigenvalue weighted by atomic mass is 10.2. The lowest BCUT2D eigenvalue weighted by molar-refractivity contribution is -0.0942. The fourth-order valence-electron chi connectivity index (χ4n) is 8.66. The van der Waals surface area contributed by atoms with Gasteiger partial charge in [-0.3, -0.25) is 29.1 Å². The van der Waals surface area contributed by atoms with Crippen molar-refractivity contribution in [3.63, 3.8) is 0 Å². The van der Waals surface area contributed by atoms with E-state index in [-0.39, 0.29) is 37.1 Å². The third kappa shape index (κ3) is 13.9. The first-order valence-electron chi connectivity index (χ1n) is 25.3. The molecule has 6 aromatic rings. The zero-order valence-corrected chi connectivity index (χ0v) is 47.7. The molecule has 0 N–H and O–H groups in total. The lowest BCUT2D eigenvalue weighted by Crippen LogP contribution is -2.32. The molecule has 6 atom stereocenters. The summed E-state index contributed by atoms with van der Waals surface area (Å²) in [4.78, 5) is 17.4. The molecule has 2 aliphatic heterocycles. The van der Waals surface area contributed by atoms with Gasteiger partial charge in [-0.2, -0.15) is 0 Å². The predicted octanol–water partition coefficient (Wildman–Crippen LogP) is 5.88. The molecule has 0 saturated carbocycles. The summed E-state index contributed by atoms with van der Waals surface area (Å²) >= 11 is 0. The van der Waals surface area contributed by atoms with Crippen LogP contribution >= 0.6 is 0 Å². The molecule has 0 unspecified atom stereocenters. The summed E-state index contributed by atoms with van der Waals surface area (Å²) in [5.41, 5.74) is 3.25. The van der Waals surface area contributed by atoms with E-state index in [9.17, 15) is 16.8 Å². The Morgan fingerprint density at radius 3 is 1.17 bits per heavy atom. The Bertz CT molecular complexity index is 2880. The van der Waals surface area contributed by atoms with E-state index in [0.29, 0.717) is 83.8 Å². The molecule has 78 heavy (non-hydrogen) atoms. The third-order valence-electron chi connectivity index (χ3n) is 12.6. The number of nitrogens with zero attached hydrogens (tertiary/aromatic N) is 10. The molecule has 2 aromatic carbocycles. The van der Waals surface area contributed by atoms with Crippen LogP contribution in [0, 0.1) is 13.8 Å². The van der Waals surface area contributed by atoms with E-state index in [2.05, 4.69) is 40.3 Å². The van der Waals surface area contributed by atoms with Crippen LogP contribution in [-0.4, -0.2) is 157 Å². The van der Waals surface area contributed by atoms with Gasteiger partial charge in [0.25, 0.3) is 0 Å². The highest BCUT2D eigenvalue weighted by molar-refractivity contribution is 7.91. The summed E-state index contributed by atoms with van der Waals surface area (Å²) in [7, 11) is -1.65. The largest absolute Gasteiger partial charge is 0.494 e. The van der Waals surface area contributed by atoms with Crippen LogP contribution in [0.1, 0.15) is 112 Å². The average molecular weight is 1120 g/mol. The van der Waals surface area contributed by atoms with Gasteiger partial charge in [0, 0.05) is 12.4 Å². The first kappa shape index (κ1) is 59.4. The van der Waals surface area contributed by atoms with E-state index in [0.717, 1.165) is 11.4 Å². The molecule has 0 aliphatic carbocycles. The zero-order valence-electron chi connectivity index (χ0n) is 46.1. The van der Waals surface area contributed by atoms with Crippen molar-refractivity contribution in [3.05, 3.63) is 107 Å². The summed E-state index contributed by atoms with van der Waals surface area (Å²) in [6, 6.07) is 10.6. The molecule has 4 aromatic heterocycles. The number of sulfone groups is 2. The van der Waals surface area contributed by atoms with Gasteiger partial charge in [0.05, 0.1) is 126 Å². The Morgan fingerprint density at radius 1 is 0.526 bits per heavy atom. The number of hydrogen-bond acceptors (Lipinski definition) is 22. The fourth-order valence-corrected chi connectivity index (χ4v) is 11.4. The van der Waals surface area contributed by atoms with Crippen LogP contribution in [-0.2, 0) is 59.6 Å². The smallest absolute Gasteiger partial charge is 0.169 e. The van der Waals surface area contributed by atoms with Crippen molar-refractivity contribution < 1.29 is 64.2 Å². The average Bonchev–Trinajstić information content (AvgIpc) is 4.04. The molecule has 0 spiro atoms. The Morgan fingerprint density at radius 2 is 0.885 bits per heavy atom. The van der Waals surface area contributed by atoms with Gasteiger partial charge in [-0.05, 0) is 79.7 Å². The minimum Gasteiger partial charge on any atom is -0.494 e. The molecular formula is C52H70N10O14S2. The van der Waals surface area contributed by atoms with E-state index >= 15 is 0 Å². The first-order chi connectivity index (χ1) is 37.3.